The Labute approximate surface area is 231 Å². The van der Waals surface area contributed by atoms with Crippen molar-refractivity contribution < 1.29 is 0 Å². The first-order chi connectivity index (χ1) is 18.7. The molecule has 3 aliphatic rings. The lowest BCUT2D eigenvalue weighted by Gasteiger charge is -2.32. The van der Waals surface area contributed by atoms with Crippen LogP contribution in [0.3, 0.4) is 0 Å². The lowest BCUT2D eigenvalue weighted by Crippen LogP contribution is -2.41. The number of hydrogen-bond donors (Lipinski definition) is 2. The van der Waals surface area contributed by atoms with Gasteiger partial charge in [-0.25, -0.2) is 0 Å². The normalized spacial score (nSPS) is 18.6. The van der Waals surface area contributed by atoms with Crippen LogP contribution in [-0.4, -0.2) is 41.3 Å². The highest BCUT2D eigenvalue weighted by molar-refractivity contribution is 7.80. The van der Waals surface area contributed by atoms with E-state index in [0.717, 1.165) is 50.8 Å². The fourth-order valence-electron chi connectivity index (χ4n) is 6.42. The van der Waals surface area contributed by atoms with Crippen LogP contribution in [0, 0.1) is 0 Å². The topological polar surface area (TPSA) is 56.3 Å². The fraction of sp³-hybridized carbons (Fsp3) is 0.452. The van der Waals surface area contributed by atoms with Crippen LogP contribution in [-0.2, 0) is 18.4 Å². The Bertz CT molecular complexity index is 1250. The van der Waals surface area contributed by atoms with Crippen molar-refractivity contribution in [3.8, 4) is 0 Å². The summed E-state index contributed by atoms with van der Waals surface area (Å²) < 4.78 is 0. The standard InChI is InChI=1S/C31H38N6S/c38-30(32-23-31(16-7-8-17-31)26-13-3-1-4-14-26)35-29-33-27(36-18-9-2-10-19-36)21-28(34-29)37-20-15-24-11-5-6-12-25(24)22-37/h1,3-6,11-14,21H,2,7-10,15-20,22-23H2,(H2,32,33,34,35,38). The number of piperidine rings is 1. The largest absolute Gasteiger partial charge is 0.361 e. The van der Waals surface area contributed by atoms with Crippen molar-refractivity contribution in [1.82, 2.24) is 15.3 Å². The molecule has 3 aromatic rings. The molecule has 0 atom stereocenters. The van der Waals surface area contributed by atoms with E-state index < -0.39 is 0 Å². The highest BCUT2D eigenvalue weighted by atomic mass is 32.1. The molecule has 198 valence electrons. The average molecular weight is 527 g/mol. The maximum Gasteiger partial charge on any atom is 0.232 e. The predicted molar refractivity (Wildman–Crippen MR) is 160 cm³/mol. The highest BCUT2D eigenvalue weighted by Gasteiger charge is 2.35. The molecule has 2 fully saturated rings. The Morgan fingerprint density at radius 3 is 2.24 bits per heavy atom. The highest BCUT2D eigenvalue weighted by Crippen LogP contribution is 2.40. The third-order valence-electron chi connectivity index (χ3n) is 8.59. The Kier molecular flexibility index (Phi) is 7.45. The third kappa shape index (κ3) is 5.48. The van der Waals surface area contributed by atoms with E-state index in [0.29, 0.717) is 11.1 Å². The second-order valence-corrected chi connectivity index (χ2v) is 11.5. The lowest BCUT2D eigenvalue weighted by molar-refractivity contribution is 0.435. The average Bonchev–Trinajstić information content (AvgIpc) is 3.47. The summed E-state index contributed by atoms with van der Waals surface area (Å²) in [6.45, 7) is 4.73. The van der Waals surface area contributed by atoms with E-state index in [1.165, 1.54) is 61.6 Å². The summed E-state index contributed by atoms with van der Waals surface area (Å²) in [5.41, 5.74) is 4.36. The molecular formula is C31H38N6S. The van der Waals surface area contributed by atoms with Crippen molar-refractivity contribution in [3.63, 3.8) is 0 Å². The van der Waals surface area contributed by atoms with Crippen molar-refractivity contribution in [3.05, 3.63) is 77.4 Å². The van der Waals surface area contributed by atoms with E-state index in [9.17, 15) is 0 Å². The van der Waals surface area contributed by atoms with Crippen LogP contribution >= 0.6 is 12.2 Å². The Morgan fingerprint density at radius 1 is 0.789 bits per heavy atom. The molecule has 2 N–H and O–H groups in total. The van der Waals surface area contributed by atoms with Crippen LogP contribution in [0.5, 0.6) is 0 Å². The number of hydrogen-bond acceptors (Lipinski definition) is 5. The van der Waals surface area contributed by atoms with Gasteiger partial charge in [0.1, 0.15) is 11.6 Å². The molecule has 0 unspecified atom stereocenters. The molecule has 0 amide bonds. The minimum Gasteiger partial charge on any atom is -0.361 e. The van der Waals surface area contributed by atoms with Gasteiger partial charge in [0.15, 0.2) is 5.11 Å². The summed E-state index contributed by atoms with van der Waals surface area (Å²) in [5, 5.41) is 7.49. The zero-order chi connectivity index (χ0) is 25.8. The number of benzene rings is 2. The van der Waals surface area contributed by atoms with Crippen LogP contribution < -0.4 is 20.4 Å². The number of rotatable bonds is 6. The van der Waals surface area contributed by atoms with Gasteiger partial charge in [0.2, 0.25) is 5.95 Å². The zero-order valence-electron chi connectivity index (χ0n) is 22.2. The van der Waals surface area contributed by atoms with Crippen LogP contribution in [0.25, 0.3) is 0 Å². The maximum absolute atomic E-state index is 5.79. The summed E-state index contributed by atoms with van der Waals surface area (Å²) in [6.07, 6.45) is 9.65. The van der Waals surface area contributed by atoms with Crippen molar-refractivity contribution >= 4 is 34.9 Å². The van der Waals surface area contributed by atoms with E-state index in [1.807, 2.05) is 0 Å². The number of fused-ring (bicyclic) bond motifs is 1. The monoisotopic (exact) mass is 526 g/mol. The minimum atomic E-state index is 0.135. The molecule has 0 spiro atoms. The van der Waals surface area contributed by atoms with Crippen molar-refractivity contribution in [2.75, 3.05) is 41.3 Å². The van der Waals surface area contributed by atoms with Crippen molar-refractivity contribution in [2.24, 2.45) is 0 Å². The fourth-order valence-corrected chi connectivity index (χ4v) is 6.59. The van der Waals surface area contributed by atoms with Gasteiger partial charge in [-0.1, -0.05) is 67.4 Å². The molecule has 0 radical (unpaired) electrons. The smallest absolute Gasteiger partial charge is 0.232 e. The molecule has 0 bridgehead atoms. The summed E-state index contributed by atoms with van der Waals surface area (Å²) >= 11 is 5.79. The molecule has 1 saturated heterocycles. The zero-order valence-corrected chi connectivity index (χ0v) is 23.0. The van der Waals surface area contributed by atoms with Gasteiger partial charge in [0, 0.05) is 44.2 Å². The molecule has 6 rings (SSSR count). The first-order valence-corrected chi connectivity index (χ1v) is 14.7. The van der Waals surface area contributed by atoms with Crippen LogP contribution in [0.2, 0.25) is 0 Å². The lowest BCUT2D eigenvalue weighted by atomic mass is 9.79. The van der Waals surface area contributed by atoms with E-state index in [1.54, 1.807) is 0 Å². The number of nitrogens with one attached hydrogen (secondary N) is 2. The van der Waals surface area contributed by atoms with E-state index in [4.69, 9.17) is 22.2 Å². The molecule has 1 saturated carbocycles. The number of aromatic nitrogens is 2. The summed E-state index contributed by atoms with van der Waals surface area (Å²) in [7, 11) is 0. The van der Waals surface area contributed by atoms with E-state index >= 15 is 0 Å². The minimum absolute atomic E-state index is 0.135. The Morgan fingerprint density at radius 2 is 1.47 bits per heavy atom. The first kappa shape index (κ1) is 25.1. The number of thiocarbonyl (C=S) groups is 1. The van der Waals surface area contributed by atoms with Crippen LogP contribution in [0.1, 0.15) is 61.6 Å². The van der Waals surface area contributed by atoms with Crippen LogP contribution in [0.15, 0.2) is 60.7 Å². The first-order valence-electron chi connectivity index (χ1n) is 14.2. The van der Waals surface area contributed by atoms with Gasteiger partial charge in [-0.3, -0.25) is 0 Å². The number of anilines is 3. The van der Waals surface area contributed by atoms with Crippen LogP contribution in [0.4, 0.5) is 17.6 Å². The van der Waals surface area contributed by atoms with Gasteiger partial charge in [-0.2, -0.15) is 9.97 Å². The van der Waals surface area contributed by atoms with E-state index in [2.05, 4.69) is 81.1 Å². The maximum atomic E-state index is 5.79. The molecule has 38 heavy (non-hydrogen) atoms. The second kappa shape index (κ2) is 11.3. The molecule has 3 heterocycles. The molecule has 7 heteroatoms. The third-order valence-corrected chi connectivity index (χ3v) is 8.84. The summed E-state index contributed by atoms with van der Waals surface area (Å²) in [6, 6.07) is 21.8. The summed E-state index contributed by atoms with van der Waals surface area (Å²) in [5.74, 6) is 2.55. The van der Waals surface area contributed by atoms with Gasteiger partial charge in [0.25, 0.3) is 0 Å². The van der Waals surface area contributed by atoms with E-state index in [-0.39, 0.29) is 5.41 Å². The molecular weight excluding hydrogens is 488 g/mol. The summed E-state index contributed by atoms with van der Waals surface area (Å²) in [4.78, 5) is 14.7. The second-order valence-electron chi connectivity index (χ2n) is 11.1. The number of nitrogens with zero attached hydrogens (tertiary/aromatic N) is 4. The van der Waals surface area contributed by atoms with Crippen molar-refractivity contribution in [2.45, 2.75) is 63.3 Å². The quantitative estimate of drug-likeness (QED) is 0.392. The van der Waals surface area contributed by atoms with Gasteiger partial charge in [-0.15, -0.1) is 0 Å². The SMILES string of the molecule is S=C(NCC1(c2ccccc2)CCCC1)Nc1nc(N2CCCCC2)cc(N2CCc3ccccc3C2)n1. The molecule has 2 aromatic carbocycles. The molecule has 1 aromatic heterocycles. The Hall–Kier alpha value is -3.19. The van der Waals surface area contributed by atoms with Gasteiger partial charge < -0.3 is 20.4 Å². The molecule has 2 aliphatic heterocycles. The van der Waals surface area contributed by atoms with Gasteiger partial charge in [-0.05, 0) is 67.4 Å². The van der Waals surface area contributed by atoms with Gasteiger partial charge in [0.05, 0.1) is 0 Å². The molecule has 6 nitrogen and oxygen atoms in total. The van der Waals surface area contributed by atoms with Crippen molar-refractivity contribution in [1.29, 1.82) is 0 Å². The predicted octanol–water partition coefficient (Wildman–Crippen LogP) is 5.83. The molecule has 1 aliphatic carbocycles. The Balaban J connectivity index is 1.20. The van der Waals surface area contributed by atoms with Gasteiger partial charge >= 0.3 is 0 Å².